The first-order chi connectivity index (χ1) is 10.3. The monoisotopic (exact) mass is 301 g/mol. The van der Waals surface area contributed by atoms with Crippen molar-refractivity contribution < 1.29 is 14.0 Å². The molecule has 4 nitrogen and oxygen atoms in total. The van der Waals surface area contributed by atoms with E-state index in [1.807, 2.05) is 42.5 Å². The summed E-state index contributed by atoms with van der Waals surface area (Å²) in [5, 5.41) is 5.75. The maximum atomic E-state index is 6.05. The van der Waals surface area contributed by atoms with Crippen molar-refractivity contribution in [2.24, 2.45) is 0 Å². The summed E-state index contributed by atoms with van der Waals surface area (Å²) in [5.41, 5.74) is 3.39. The predicted octanol–water partition coefficient (Wildman–Crippen LogP) is 4.19. The van der Waals surface area contributed by atoms with Crippen LogP contribution in [0.1, 0.15) is 11.9 Å². The van der Waals surface area contributed by atoms with Crippen molar-refractivity contribution in [3.05, 3.63) is 53.1 Å². The molecule has 0 radical (unpaired) electrons. The number of nitrogens with zero attached hydrogens (tertiary/aromatic N) is 1. The van der Waals surface area contributed by atoms with Crippen LogP contribution in [-0.4, -0.2) is 18.4 Å². The van der Waals surface area contributed by atoms with Gasteiger partial charge in [-0.15, -0.1) is 0 Å². The van der Waals surface area contributed by atoms with Gasteiger partial charge < -0.3 is 14.0 Å². The summed E-state index contributed by atoms with van der Waals surface area (Å²) < 4.78 is 16.5. The number of benzene rings is 2. The summed E-state index contributed by atoms with van der Waals surface area (Å²) in [6.45, 7) is 1.24. The molecule has 5 heteroatoms. The van der Waals surface area contributed by atoms with Gasteiger partial charge >= 0.3 is 0 Å². The number of rotatable bonds is 2. The van der Waals surface area contributed by atoms with E-state index in [-0.39, 0.29) is 6.29 Å². The van der Waals surface area contributed by atoms with Crippen LogP contribution in [0.4, 0.5) is 0 Å². The van der Waals surface area contributed by atoms with Crippen LogP contribution < -0.4 is 0 Å². The second kappa shape index (κ2) is 5.15. The quantitative estimate of drug-likeness (QED) is 0.712. The average molecular weight is 302 g/mol. The van der Waals surface area contributed by atoms with Crippen LogP contribution in [0.3, 0.4) is 0 Å². The Kier molecular flexibility index (Phi) is 3.15. The highest BCUT2D eigenvalue weighted by atomic mass is 35.5. The summed E-state index contributed by atoms with van der Waals surface area (Å²) in [5.74, 6) is 0. The smallest absolute Gasteiger partial charge is 0.184 e. The Labute approximate surface area is 126 Å². The van der Waals surface area contributed by atoms with Gasteiger partial charge in [0.05, 0.1) is 18.6 Å². The lowest BCUT2D eigenvalue weighted by molar-refractivity contribution is -0.0440. The zero-order chi connectivity index (χ0) is 14.2. The highest BCUT2D eigenvalue weighted by Crippen LogP contribution is 2.33. The van der Waals surface area contributed by atoms with Crippen LogP contribution >= 0.6 is 11.6 Å². The topological polar surface area (TPSA) is 44.5 Å². The number of hydrogen-bond acceptors (Lipinski definition) is 4. The van der Waals surface area contributed by atoms with Gasteiger partial charge in [-0.1, -0.05) is 35.0 Å². The molecule has 2 heterocycles. The largest absolute Gasteiger partial charge is 0.356 e. The minimum absolute atomic E-state index is 0.309. The number of aromatic nitrogens is 1. The Balaban J connectivity index is 1.84. The van der Waals surface area contributed by atoms with E-state index in [9.17, 15) is 0 Å². The first kappa shape index (κ1) is 12.8. The van der Waals surface area contributed by atoms with Crippen LogP contribution in [0, 0.1) is 0 Å². The average Bonchev–Trinajstić information content (AvgIpc) is 3.16. The molecule has 0 atom stereocenters. The molecule has 4 rings (SSSR count). The van der Waals surface area contributed by atoms with Crippen LogP contribution in [0.25, 0.3) is 22.2 Å². The van der Waals surface area contributed by atoms with E-state index in [0.717, 1.165) is 27.8 Å². The SMILES string of the molecule is Clc1cccc(-c2noc3ccc(C4OCCO4)cc23)c1. The fourth-order valence-electron chi connectivity index (χ4n) is 2.50. The number of hydrogen-bond donors (Lipinski definition) is 0. The van der Waals surface area contributed by atoms with E-state index >= 15 is 0 Å². The van der Waals surface area contributed by atoms with Gasteiger partial charge in [0.1, 0.15) is 5.69 Å². The molecule has 1 saturated heterocycles. The van der Waals surface area contributed by atoms with Gasteiger partial charge in [-0.2, -0.15) is 0 Å². The van der Waals surface area contributed by atoms with Gasteiger partial charge in [0.15, 0.2) is 11.9 Å². The second-order valence-electron chi connectivity index (χ2n) is 4.87. The van der Waals surface area contributed by atoms with Gasteiger partial charge in [-0.3, -0.25) is 0 Å². The number of fused-ring (bicyclic) bond motifs is 1. The molecule has 106 valence electrons. The first-order valence-corrected chi connectivity index (χ1v) is 7.07. The van der Waals surface area contributed by atoms with Gasteiger partial charge in [0, 0.05) is 16.1 Å². The van der Waals surface area contributed by atoms with Crippen LogP contribution in [-0.2, 0) is 9.47 Å². The lowest BCUT2D eigenvalue weighted by Gasteiger charge is -2.08. The number of halogens is 1. The Bertz CT molecular complexity index is 793. The van der Waals surface area contributed by atoms with Gasteiger partial charge in [-0.25, -0.2) is 0 Å². The maximum Gasteiger partial charge on any atom is 0.184 e. The highest BCUT2D eigenvalue weighted by molar-refractivity contribution is 6.30. The van der Waals surface area contributed by atoms with Gasteiger partial charge in [0.2, 0.25) is 0 Å². The maximum absolute atomic E-state index is 6.05. The molecule has 21 heavy (non-hydrogen) atoms. The summed E-state index contributed by atoms with van der Waals surface area (Å²) in [7, 11) is 0. The first-order valence-electron chi connectivity index (χ1n) is 6.70. The van der Waals surface area contributed by atoms with Crippen LogP contribution in [0.5, 0.6) is 0 Å². The van der Waals surface area contributed by atoms with Gasteiger partial charge in [-0.05, 0) is 24.3 Å². The molecule has 2 aromatic carbocycles. The molecule has 0 unspecified atom stereocenters. The van der Waals surface area contributed by atoms with E-state index in [0.29, 0.717) is 18.2 Å². The molecule has 0 bridgehead atoms. The van der Waals surface area contributed by atoms with Crippen molar-refractivity contribution in [2.45, 2.75) is 6.29 Å². The molecule has 1 aromatic heterocycles. The zero-order valence-electron chi connectivity index (χ0n) is 11.1. The Morgan fingerprint density at radius 3 is 2.71 bits per heavy atom. The normalized spacial score (nSPS) is 15.9. The zero-order valence-corrected chi connectivity index (χ0v) is 11.8. The van der Waals surface area contributed by atoms with Crippen molar-refractivity contribution in [2.75, 3.05) is 13.2 Å². The van der Waals surface area contributed by atoms with Gasteiger partial charge in [0.25, 0.3) is 0 Å². The fraction of sp³-hybridized carbons (Fsp3) is 0.188. The van der Waals surface area contributed by atoms with E-state index in [1.165, 1.54) is 0 Å². The van der Waals surface area contributed by atoms with Crippen molar-refractivity contribution in [1.82, 2.24) is 5.16 Å². The van der Waals surface area contributed by atoms with Crippen molar-refractivity contribution in [3.63, 3.8) is 0 Å². The third-order valence-corrected chi connectivity index (χ3v) is 3.72. The third kappa shape index (κ3) is 2.31. The lowest BCUT2D eigenvalue weighted by atomic mass is 10.1. The molecule has 1 fully saturated rings. The molecule has 0 amide bonds. The van der Waals surface area contributed by atoms with Crippen molar-refractivity contribution in [1.29, 1.82) is 0 Å². The molecule has 3 aromatic rings. The Hall–Kier alpha value is -1.88. The molecule has 1 aliphatic rings. The van der Waals surface area contributed by atoms with E-state index in [2.05, 4.69) is 5.16 Å². The standard InChI is InChI=1S/C16H12ClNO3/c17-12-3-1-2-10(8-12)15-13-9-11(16-19-6-7-20-16)4-5-14(13)21-18-15/h1-5,8-9,16H,6-7H2. The summed E-state index contributed by atoms with van der Waals surface area (Å²) in [6, 6.07) is 13.4. The van der Waals surface area contributed by atoms with E-state index in [4.69, 9.17) is 25.6 Å². The van der Waals surface area contributed by atoms with Crippen LogP contribution in [0.2, 0.25) is 5.02 Å². The molecule has 0 saturated carbocycles. The molecular formula is C16H12ClNO3. The molecular weight excluding hydrogens is 290 g/mol. The second-order valence-corrected chi connectivity index (χ2v) is 5.31. The predicted molar refractivity (Wildman–Crippen MR) is 79.1 cm³/mol. The summed E-state index contributed by atoms with van der Waals surface area (Å²) in [6.07, 6.45) is -0.309. The van der Waals surface area contributed by atoms with Crippen LogP contribution in [0.15, 0.2) is 47.0 Å². The molecule has 0 spiro atoms. The fourth-order valence-corrected chi connectivity index (χ4v) is 2.69. The van der Waals surface area contributed by atoms with E-state index < -0.39 is 0 Å². The molecule has 0 N–H and O–H groups in total. The Morgan fingerprint density at radius 2 is 1.90 bits per heavy atom. The minimum atomic E-state index is -0.309. The third-order valence-electron chi connectivity index (χ3n) is 3.49. The van der Waals surface area contributed by atoms with Crippen molar-refractivity contribution >= 4 is 22.6 Å². The highest BCUT2D eigenvalue weighted by Gasteiger charge is 2.20. The summed E-state index contributed by atoms with van der Waals surface area (Å²) in [4.78, 5) is 0. The molecule has 1 aliphatic heterocycles. The Morgan fingerprint density at radius 1 is 1.05 bits per heavy atom. The van der Waals surface area contributed by atoms with E-state index in [1.54, 1.807) is 0 Å². The minimum Gasteiger partial charge on any atom is -0.356 e. The lowest BCUT2D eigenvalue weighted by Crippen LogP contribution is -1.97. The number of ether oxygens (including phenoxy) is 2. The van der Waals surface area contributed by atoms with Crippen molar-refractivity contribution in [3.8, 4) is 11.3 Å². The summed E-state index contributed by atoms with van der Waals surface area (Å²) >= 11 is 6.05. The molecule has 0 aliphatic carbocycles.